The van der Waals surface area contributed by atoms with E-state index in [0.717, 1.165) is 6.07 Å². The number of fused-ring (bicyclic) bond motifs is 3. The van der Waals surface area contributed by atoms with Crippen LogP contribution in [0.15, 0.2) is 11.1 Å². The van der Waals surface area contributed by atoms with Crippen LogP contribution in [-0.4, -0.2) is 51.3 Å². The van der Waals surface area contributed by atoms with Crippen molar-refractivity contribution in [3.63, 3.8) is 0 Å². The fourth-order valence-corrected chi connectivity index (χ4v) is 5.24. The highest BCUT2D eigenvalue weighted by atomic mass is 35.5. The summed E-state index contributed by atoms with van der Waals surface area (Å²) in [5, 5.41) is 9.70. The summed E-state index contributed by atoms with van der Waals surface area (Å²) in [4.78, 5) is 29.8. The predicted molar refractivity (Wildman–Crippen MR) is 107 cm³/mol. The molecule has 3 N–H and O–H groups in total. The number of aliphatic imine (C=N–C) groups is 1. The smallest absolute Gasteiger partial charge is 0.333 e. The number of nitrogens with two attached hydrogens (primary N) is 1. The number of aliphatic carboxylic acids is 1. The zero-order valence-electron chi connectivity index (χ0n) is 14.2. The maximum atomic E-state index is 14.9. The van der Waals surface area contributed by atoms with Gasteiger partial charge in [0.25, 0.3) is 0 Å². The molecule has 0 spiro atoms. The molecule has 27 heavy (non-hydrogen) atoms. The lowest BCUT2D eigenvalue weighted by atomic mass is 9.67. The van der Waals surface area contributed by atoms with E-state index in [1.807, 2.05) is 0 Å². The minimum atomic E-state index is -2.16. The normalized spacial score (nSPS) is 34.7. The van der Waals surface area contributed by atoms with Crippen LogP contribution >= 0.6 is 36.9 Å². The molecule has 4 rings (SSSR count). The molecule has 2 aliphatic heterocycles. The summed E-state index contributed by atoms with van der Waals surface area (Å²) in [6.07, 6.45) is 0.699. The molecule has 6 nitrogen and oxygen atoms in total. The Morgan fingerprint density at radius 1 is 1.52 bits per heavy atom. The summed E-state index contributed by atoms with van der Waals surface area (Å²) >= 11 is 15.2. The number of rotatable bonds is 2. The Kier molecular flexibility index (Phi) is 4.13. The van der Waals surface area contributed by atoms with Crippen LogP contribution in [0.4, 0.5) is 10.1 Å². The second-order valence-electron chi connectivity index (χ2n) is 7.35. The number of Topliss-reactive ketones (excluding diaryl/α,β-unsaturated/α-hetero) is 1. The van der Waals surface area contributed by atoms with Gasteiger partial charge in [0, 0.05) is 24.7 Å². The predicted octanol–water partition coefficient (Wildman–Crippen LogP) is 2.15. The van der Waals surface area contributed by atoms with Crippen molar-refractivity contribution in [2.24, 2.45) is 10.7 Å². The average Bonchev–Trinajstić information content (AvgIpc) is 2.98. The number of carbonyl (C=O) groups excluding carboxylic acids is 1. The molecule has 0 saturated carbocycles. The summed E-state index contributed by atoms with van der Waals surface area (Å²) in [6.45, 7) is 2.67. The van der Waals surface area contributed by atoms with Gasteiger partial charge >= 0.3 is 5.97 Å². The molecule has 2 heterocycles. The number of halogens is 2. The van der Waals surface area contributed by atoms with E-state index in [0.29, 0.717) is 25.1 Å². The van der Waals surface area contributed by atoms with Crippen LogP contribution in [0.25, 0.3) is 0 Å². The molecule has 3 unspecified atom stereocenters. The number of ketones is 1. The Morgan fingerprint density at radius 3 is 2.70 bits per heavy atom. The Hall–Kier alpha value is -1.29. The van der Waals surface area contributed by atoms with Gasteiger partial charge in [-0.25, -0.2) is 9.18 Å². The minimum absolute atomic E-state index is 0.0749. The highest BCUT2D eigenvalue weighted by Crippen LogP contribution is 2.56. The third-order valence-electron chi connectivity index (χ3n) is 5.48. The monoisotopic (exact) mass is 429 g/mol. The van der Waals surface area contributed by atoms with Crippen LogP contribution in [0.2, 0.25) is 5.02 Å². The number of nitrogens with zero attached hydrogens (tertiary/aromatic N) is 2. The van der Waals surface area contributed by atoms with Crippen molar-refractivity contribution in [3.05, 3.63) is 28.0 Å². The average molecular weight is 430 g/mol. The van der Waals surface area contributed by atoms with Gasteiger partial charge in [-0.15, -0.1) is 25.3 Å². The first-order valence-corrected chi connectivity index (χ1v) is 9.63. The van der Waals surface area contributed by atoms with Crippen LogP contribution in [0, 0.1) is 5.82 Å². The van der Waals surface area contributed by atoms with Crippen molar-refractivity contribution >= 4 is 60.0 Å². The zero-order chi connectivity index (χ0) is 19.9. The molecule has 0 aromatic heterocycles. The molecule has 0 amide bonds. The highest BCUT2D eigenvalue weighted by Gasteiger charge is 2.63. The van der Waals surface area contributed by atoms with Crippen LogP contribution in [0.5, 0.6) is 0 Å². The van der Waals surface area contributed by atoms with E-state index in [-0.39, 0.29) is 28.0 Å². The first-order chi connectivity index (χ1) is 12.5. The molecule has 0 radical (unpaired) electrons. The zero-order valence-corrected chi connectivity index (χ0v) is 16.8. The van der Waals surface area contributed by atoms with E-state index in [9.17, 15) is 19.1 Å². The fourth-order valence-electron chi connectivity index (χ4n) is 4.16. The minimum Gasteiger partial charge on any atom is -0.480 e. The molecule has 3 aliphatic rings. The Bertz CT molecular complexity index is 938. The van der Waals surface area contributed by atoms with Gasteiger partial charge in [0.15, 0.2) is 5.78 Å². The Labute approximate surface area is 170 Å². The molecular weight excluding hydrogens is 413 g/mol. The number of hydrogen-bond acceptors (Lipinski definition) is 7. The van der Waals surface area contributed by atoms with E-state index in [2.05, 4.69) is 30.2 Å². The SMILES string of the molecule is CC1(S)N=C2C1c1c(cc(F)c(N3CC[C@H](N)C3)c1Cl)C(=O)C2(S)C(=O)O. The van der Waals surface area contributed by atoms with Crippen molar-refractivity contribution in [3.8, 4) is 0 Å². The van der Waals surface area contributed by atoms with E-state index in [1.165, 1.54) is 0 Å². The summed E-state index contributed by atoms with van der Waals surface area (Å²) in [7, 11) is 0. The number of carboxylic acids is 1. The van der Waals surface area contributed by atoms with E-state index in [1.54, 1.807) is 11.8 Å². The third kappa shape index (κ3) is 2.41. The molecule has 0 bridgehead atoms. The molecule has 4 atom stereocenters. The first kappa shape index (κ1) is 19.0. The lowest BCUT2D eigenvalue weighted by Crippen LogP contribution is -2.62. The van der Waals surface area contributed by atoms with Crippen LogP contribution < -0.4 is 10.6 Å². The summed E-state index contributed by atoms with van der Waals surface area (Å²) in [6, 6.07) is 0.960. The number of carboxylic acid groups (broad SMARTS) is 1. The van der Waals surface area contributed by atoms with Crippen LogP contribution in [0.3, 0.4) is 0 Å². The van der Waals surface area contributed by atoms with Gasteiger partial charge in [-0.05, 0) is 25.0 Å². The molecule has 10 heteroatoms. The molecule has 1 saturated heterocycles. The number of benzene rings is 1. The van der Waals surface area contributed by atoms with Gasteiger partial charge < -0.3 is 15.7 Å². The summed E-state index contributed by atoms with van der Waals surface area (Å²) < 4.78 is 12.8. The fraction of sp³-hybridized carbons (Fsp3) is 0.471. The molecule has 1 aromatic rings. The second-order valence-corrected chi connectivity index (χ2v) is 9.30. The maximum absolute atomic E-state index is 14.9. The van der Waals surface area contributed by atoms with Gasteiger partial charge in [0.2, 0.25) is 4.75 Å². The van der Waals surface area contributed by atoms with E-state index < -0.39 is 33.1 Å². The lowest BCUT2D eigenvalue weighted by molar-refractivity contribution is -0.136. The number of carbonyl (C=O) groups is 2. The quantitative estimate of drug-likeness (QED) is 0.427. The van der Waals surface area contributed by atoms with Crippen molar-refractivity contribution < 1.29 is 19.1 Å². The largest absolute Gasteiger partial charge is 0.480 e. The van der Waals surface area contributed by atoms with Crippen molar-refractivity contribution in [2.45, 2.75) is 34.9 Å². The number of hydrogen-bond donors (Lipinski definition) is 4. The van der Waals surface area contributed by atoms with Gasteiger partial charge in [0.05, 0.1) is 22.3 Å². The maximum Gasteiger partial charge on any atom is 0.333 e. The highest BCUT2D eigenvalue weighted by molar-refractivity contribution is 7.85. The topological polar surface area (TPSA) is 96.0 Å². The van der Waals surface area contributed by atoms with Crippen LogP contribution in [0.1, 0.15) is 35.2 Å². The number of thiol groups is 2. The van der Waals surface area contributed by atoms with Gasteiger partial charge in [-0.3, -0.25) is 9.79 Å². The van der Waals surface area contributed by atoms with Crippen molar-refractivity contribution in [1.82, 2.24) is 0 Å². The van der Waals surface area contributed by atoms with Crippen molar-refractivity contribution in [1.29, 1.82) is 0 Å². The molecule has 144 valence electrons. The standard InChI is InChI=1S/C17H17ClFN3O3S2/c1-16(26)10-9-7(14(23)17(27,15(24)25)13(10)21-16)4-8(19)12(11(9)18)22-3-2-6(20)5-22/h4,6,10,26-27H,2-3,5,20H2,1H3,(H,24,25)/t6-,10?,16?,17?/m0/s1. The van der Waals surface area contributed by atoms with E-state index >= 15 is 0 Å². The third-order valence-corrected chi connectivity index (χ3v) is 6.85. The Morgan fingerprint density at radius 2 is 2.19 bits per heavy atom. The summed E-state index contributed by atoms with van der Waals surface area (Å²) in [5.74, 6) is -3.66. The molecule has 1 fully saturated rings. The molecule has 1 aliphatic carbocycles. The van der Waals surface area contributed by atoms with Crippen molar-refractivity contribution in [2.75, 3.05) is 18.0 Å². The second kappa shape index (κ2) is 5.85. The van der Waals surface area contributed by atoms with Gasteiger partial charge in [-0.2, -0.15) is 0 Å². The van der Waals surface area contributed by atoms with Crippen LogP contribution in [-0.2, 0) is 4.79 Å². The Balaban J connectivity index is 1.97. The van der Waals surface area contributed by atoms with Gasteiger partial charge in [0.1, 0.15) is 10.7 Å². The van der Waals surface area contributed by atoms with E-state index in [4.69, 9.17) is 17.3 Å². The molecule has 1 aromatic carbocycles. The number of anilines is 1. The lowest BCUT2D eigenvalue weighted by Gasteiger charge is -2.49. The summed E-state index contributed by atoms with van der Waals surface area (Å²) in [5.41, 5.74) is 6.44. The molecular formula is C17H17ClFN3O3S2. The van der Waals surface area contributed by atoms with Gasteiger partial charge in [-0.1, -0.05) is 11.6 Å². The first-order valence-electron chi connectivity index (χ1n) is 8.35.